The topological polar surface area (TPSA) is 212 Å². The van der Waals surface area contributed by atoms with Crippen molar-refractivity contribution in [1.82, 2.24) is 50.2 Å². The van der Waals surface area contributed by atoms with Gasteiger partial charge in [0, 0.05) is 100 Å². The maximum absolute atomic E-state index is 14.1. The van der Waals surface area contributed by atoms with Gasteiger partial charge in [-0.25, -0.2) is 14.8 Å². The van der Waals surface area contributed by atoms with Crippen molar-refractivity contribution in [3.8, 4) is 0 Å². The monoisotopic (exact) mass is 1090 g/mol. The van der Waals surface area contributed by atoms with Gasteiger partial charge in [0.05, 0.1) is 22.0 Å². The maximum Gasteiger partial charge on any atom is 0.416 e. The number of urea groups is 1. The summed E-state index contributed by atoms with van der Waals surface area (Å²) in [5.41, 5.74) is -1.59. The second kappa shape index (κ2) is 26.0. The lowest BCUT2D eigenvalue weighted by Gasteiger charge is -2.29. The number of amides is 4. The molecule has 2 fully saturated rings. The van der Waals surface area contributed by atoms with Crippen molar-refractivity contribution in [2.75, 3.05) is 138 Å². The Labute approximate surface area is 444 Å². The number of likely N-dealkylation sites (tertiary alicyclic amines) is 2. The molecule has 4 aromatic rings. The second-order valence-corrected chi connectivity index (χ2v) is 19.9. The first kappa shape index (κ1) is 58.8. The number of carbonyl (C=O) groups excluding carboxylic acids is 3. The summed E-state index contributed by atoms with van der Waals surface area (Å²) >= 11 is 5.39. The minimum Gasteiger partial charge on any atom is -0.369 e. The summed E-state index contributed by atoms with van der Waals surface area (Å²) in [7, 11) is 5.77. The van der Waals surface area contributed by atoms with Crippen molar-refractivity contribution in [3.63, 3.8) is 0 Å². The molecular formula is C50H68F6N16O3S. The van der Waals surface area contributed by atoms with E-state index in [9.17, 15) is 40.7 Å². The highest BCUT2D eigenvalue weighted by atomic mass is 32.1. The van der Waals surface area contributed by atoms with Crippen LogP contribution in [0.5, 0.6) is 0 Å². The van der Waals surface area contributed by atoms with Gasteiger partial charge in [-0.2, -0.15) is 36.3 Å². The van der Waals surface area contributed by atoms with Gasteiger partial charge in [-0.3, -0.25) is 14.9 Å². The highest BCUT2D eigenvalue weighted by molar-refractivity contribution is 7.80. The van der Waals surface area contributed by atoms with Crippen LogP contribution in [0.15, 0.2) is 60.7 Å². The maximum atomic E-state index is 14.1. The van der Waals surface area contributed by atoms with Gasteiger partial charge >= 0.3 is 18.4 Å². The van der Waals surface area contributed by atoms with Crippen molar-refractivity contribution < 1.29 is 40.7 Å². The number of aromatic nitrogens is 4. The minimum atomic E-state index is -4.54. The number of hydrogen-bond acceptors (Lipinski definition) is 14. The minimum absolute atomic E-state index is 0.0659. The van der Waals surface area contributed by atoms with Crippen LogP contribution in [0.25, 0.3) is 0 Å². The van der Waals surface area contributed by atoms with E-state index in [1.54, 1.807) is 19.1 Å². The van der Waals surface area contributed by atoms with Crippen LogP contribution in [-0.4, -0.2) is 169 Å². The summed E-state index contributed by atoms with van der Waals surface area (Å²) in [4.78, 5) is 67.6. The Morgan fingerprint density at radius 2 is 1.13 bits per heavy atom. The molecule has 4 amide bonds. The van der Waals surface area contributed by atoms with Crippen LogP contribution >= 0.6 is 12.2 Å². The molecule has 0 bridgehead atoms. The molecule has 0 radical (unpaired) electrons. The van der Waals surface area contributed by atoms with Crippen LogP contribution < -0.4 is 42.5 Å². The van der Waals surface area contributed by atoms with Gasteiger partial charge in [-0.05, 0) is 128 Å². The number of nitrogens with zero attached hydrogens (tertiary/aromatic N) is 8. The van der Waals surface area contributed by atoms with Crippen LogP contribution in [-0.2, 0) is 28.4 Å². The SMILES string of the molecule is CCN1CCC(CNc2cc(CCN(C)CCNC(=O)C3(CNc4cc(C)nc(NC(=S)Nc5ccc(C(F)(F)F)cc5)n4)CCN(CC)C3)nc(NC(=O)Nc3ccc(C(F)(F)F)cc3)n2)(C(=O)NCCN(C)C)C1. The Morgan fingerprint density at radius 3 is 1.62 bits per heavy atom. The van der Waals surface area contributed by atoms with Gasteiger partial charge in [-0.1, -0.05) is 13.8 Å². The molecule has 2 unspecified atom stereocenters. The molecule has 414 valence electrons. The molecule has 0 saturated carbocycles. The number of rotatable bonds is 23. The lowest BCUT2D eigenvalue weighted by atomic mass is 9.85. The number of thiocarbonyl (C=S) groups is 1. The molecule has 76 heavy (non-hydrogen) atoms. The predicted octanol–water partition coefficient (Wildman–Crippen LogP) is 6.28. The lowest BCUT2D eigenvalue weighted by molar-refractivity contribution is -0.138. The van der Waals surface area contributed by atoms with E-state index in [1.165, 1.54) is 12.1 Å². The van der Waals surface area contributed by atoms with Gasteiger partial charge in [0.15, 0.2) is 5.11 Å². The van der Waals surface area contributed by atoms with E-state index in [0.717, 1.165) is 62.6 Å². The number of hydrogen-bond donors (Lipinski definition) is 8. The smallest absolute Gasteiger partial charge is 0.369 e. The Kier molecular flexibility index (Phi) is 20.1. The summed E-state index contributed by atoms with van der Waals surface area (Å²) in [5.74, 6) is 0.687. The van der Waals surface area contributed by atoms with E-state index in [0.29, 0.717) is 93.8 Å². The Hall–Kier alpha value is -6.48. The molecule has 19 nitrogen and oxygen atoms in total. The van der Waals surface area contributed by atoms with Gasteiger partial charge in [0.2, 0.25) is 23.7 Å². The molecule has 2 atom stereocenters. The van der Waals surface area contributed by atoms with E-state index >= 15 is 0 Å². The molecule has 6 rings (SSSR count). The third kappa shape index (κ3) is 17.0. The number of carbonyl (C=O) groups is 3. The first-order valence-corrected chi connectivity index (χ1v) is 25.4. The molecule has 4 heterocycles. The third-order valence-corrected chi connectivity index (χ3v) is 13.5. The van der Waals surface area contributed by atoms with Crippen LogP contribution in [0, 0.1) is 17.8 Å². The molecule has 2 aromatic heterocycles. The van der Waals surface area contributed by atoms with Gasteiger partial charge < -0.3 is 56.8 Å². The molecule has 2 aliphatic heterocycles. The molecule has 2 aliphatic rings. The summed E-state index contributed by atoms with van der Waals surface area (Å²) in [6.07, 6.45) is -7.41. The van der Waals surface area contributed by atoms with Crippen LogP contribution in [0.2, 0.25) is 0 Å². The number of alkyl halides is 6. The average molecular weight is 1090 g/mol. The summed E-state index contributed by atoms with van der Waals surface area (Å²) in [6, 6.07) is 11.2. The number of nitrogens with one attached hydrogen (secondary N) is 8. The van der Waals surface area contributed by atoms with Gasteiger partial charge in [0.25, 0.3) is 0 Å². The Balaban J connectivity index is 1.08. The van der Waals surface area contributed by atoms with Crippen LogP contribution in [0.1, 0.15) is 49.2 Å². The highest BCUT2D eigenvalue weighted by Gasteiger charge is 2.45. The van der Waals surface area contributed by atoms with Gasteiger partial charge in [0.1, 0.15) is 11.6 Å². The van der Waals surface area contributed by atoms with E-state index in [-0.39, 0.29) is 47.6 Å². The number of benzene rings is 2. The summed E-state index contributed by atoms with van der Waals surface area (Å²) < 4.78 is 78.7. The Morgan fingerprint density at radius 1 is 0.645 bits per heavy atom. The van der Waals surface area contributed by atoms with Crippen molar-refractivity contribution in [2.45, 2.75) is 52.4 Å². The normalized spacial score (nSPS) is 18.1. The first-order valence-electron chi connectivity index (χ1n) is 25.0. The second-order valence-electron chi connectivity index (χ2n) is 19.5. The molecule has 0 aliphatic carbocycles. The van der Waals surface area contributed by atoms with E-state index in [1.807, 2.05) is 44.8 Å². The van der Waals surface area contributed by atoms with Gasteiger partial charge in [-0.15, -0.1) is 0 Å². The quantitative estimate of drug-likeness (QED) is 0.0303. The van der Waals surface area contributed by atoms with E-state index in [4.69, 9.17) is 12.2 Å². The van der Waals surface area contributed by atoms with Crippen molar-refractivity contribution >= 4 is 70.1 Å². The third-order valence-electron chi connectivity index (χ3n) is 13.3. The molecule has 26 heteroatoms. The number of anilines is 6. The zero-order valence-electron chi connectivity index (χ0n) is 43.6. The fraction of sp³-hybridized carbons (Fsp3) is 0.520. The number of likely N-dealkylation sites (N-methyl/N-ethyl adjacent to an activating group) is 2. The number of halogens is 6. The largest absolute Gasteiger partial charge is 0.416 e. The number of aryl methyl sites for hydroxylation is 1. The molecular weight excluding hydrogens is 1020 g/mol. The molecule has 2 aromatic carbocycles. The molecule has 2 saturated heterocycles. The molecule has 0 spiro atoms. The zero-order valence-corrected chi connectivity index (χ0v) is 44.4. The van der Waals surface area contributed by atoms with Crippen molar-refractivity contribution in [1.29, 1.82) is 0 Å². The van der Waals surface area contributed by atoms with E-state index < -0.39 is 40.3 Å². The first-order chi connectivity index (χ1) is 36.0. The van der Waals surface area contributed by atoms with Crippen molar-refractivity contribution in [2.24, 2.45) is 10.8 Å². The summed E-state index contributed by atoms with van der Waals surface area (Å²) in [5, 5.41) is 23.9. The fourth-order valence-electron chi connectivity index (χ4n) is 8.84. The standard InChI is InChI=1S/C50H68F6N16O3S/c1-7-71-23-18-47(31-71,29-59-39-27-33(3)61-43(65-39)68-46(76)64-37-15-11-35(12-16-37)50(54,55)56)42(74)58-21-26-70(6)22-17-38-28-40(60-30-48(19-24-72(8-2)32-48)41(73)57-20-25-69(4)5)66-44(62-38)67-45(75)63-36-13-9-34(10-14-36)49(51,52)53/h9-16,27-28H,7-8,17-26,29-32H2,1-6H3,(H,57,73)(H,58,74)(H3,59,61,64,65,68,76)(H3,60,62,63,66,67,75). The van der Waals surface area contributed by atoms with Crippen molar-refractivity contribution in [3.05, 3.63) is 83.2 Å². The fourth-order valence-corrected chi connectivity index (χ4v) is 9.05. The predicted molar refractivity (Wildman–Crippen MR) is 285 cm³/mol. The van der Waals surface area contributed by atoms with E-state index in [2.05, 4.69) is 72.3 Å². The van der Waals surface area contributed by atoms with Crippen LogP contribution in [0.3, 0.4) is 0 Å². The molecule has 8 N–H and O–H groups in total. The average Bonchev–Trinajstić information content (AvgIpc) is 4.00. The zero-order chi connectivity index (χ0) is 55.3. The lowest BCUT2D eigenvalue weighted by Crippen LogP contribution is -2.49. The highest BCUT2D eigenvalue weighted by Crippen LogP contribution is 2.34. The summed E-state index contributed by atoms with van der Waals surface area (Å²) in [6.45, 7) is 12.8. The van der Waals surface area contributed by atoms with Crippen LogP contribution in [0.4, 0.5) is 66.0 Å². The Bertz CT molecular complexity index is 2610.